The van der Waals surface area contributed by atoms with Crippen molar-refractivity contribution in [1.29, 1.82) is 0 Å². The third-order valence-corrected chi connectivity index (χ3v) is 3.47. The highest BCUT2D eigenvalue weighted by atomic mass is 16.4. The minimum Gasteiger partial charge on any atom is -0.481 e. The molecule has 0 saturated carbocycles. The van der Waals surface area contributed by atoms with Gasteiger partial charge in [0.05, 0.1) is 5.41 Å². The number of hydrogen-bond donors (Lipinski definition) is 2. The fourth-order valence-corrected chi connectivity index (χ4v) is 2.26. The summed E-state index contributed by atoms with van der Waals surface area (Å²) in [6.07, 6.45) is 0.561. The van der Waals surface area contributed by atoms with Gasteiger partial charge in [0.2, 0.25) is 0 Å². The van der Waals surface area contributed by atoms with Gasteiger partial charge in [-0.3, -0.25) is 4.79 Å². The van der Waals surface area contributed by atoms with Crippen LogP contribution < -0.4 is 5.32 Å². The van der Waals surface area contributed by atoms with Gasteiger partial charge in [-0.25, -0.2) is 0 Å². The van der Waals surface area contributed by atoms with E-state index in [2.05, 4.69) is 24.4 Å². The molecule has 2 N–H and O–H groups in total. The van der Waals surface area contributed by atoms with Crippen molar-refractivity contribution < 1.29 is 9.90 Å². The summed E-state index contributed by atoms with van der Waals surface area (Å²) in [7, 11) is 0. The molecule has 2 rings (SSSR count). The summed E-state index contributed by atoms with van der Waals surface area (Å²) < 4.78 is 0. The number of nitrogens with one attached hydrogen (secondary N) is 1. The normalized spacial score (nSPS) is 18.6. The summed E-state index contributed by atoms with van der Waals surface area (Å²) in [5.74, 6) is -0.203. The van der Waals surface area contributed by atoms with Gasteiger partial charge in [0.25, 0.3) is 0 Å². The van der Waals surface area contributed by atoms with Crippen molar-refractivity contribution in [3.8, 4) is 0 Å². The van der Waals surface area contributed by atoms with Crippen molar-refractivity contribution in [2.24, 2.45) is 5.41 Å². The molecule has 17 heavy (non-hydrogen) atoms. The van der Waals surface area contributed by atoms with E-state index in [9.17, 15) is 4.79 Å². The van der Waals surface area contributed by atoms with Crippen molar-refractivity contribution in [1.82, 2.24) is 0 Å². The van der Waals surface area contributed by atoms with Crippen molar-refractivity contribution in [3.05, 3.63) is 29.3 Å². The number of benzene rings is 1. The summed E-state index contributed by atoms with van der Waals surface area (Å²) in [5, 5.41) is 12.5. The van der Waals surface area contributed by atoms with Crippen molar-refractivity contribution in [2.45, 2.75) is 33.1 Å². The molecule has 92 valence electrons. The van der Waals surface area contributed by atoms with Crippen LogP contribution in [0, 0.1) is 5.41 Å². The molecule has 1 aliphatic heterocycles. The lowest BCUT2D eigenvalue weighted by Gasteiger charge is -2.19. The van der Waals surface area contributed by atoms with E-state index in [1.165, 1.54) is 5.56 Å². The molecule has 0 bridgehead atoms. The van der Waals surface area contributed by atoms with E-state index in [1.54, 1.807) is 13.8 Å². The summed E-state index contributed by atoms with van der Waals surface area (Å²) >= 11 is 0. The Hall–Kier alpha value is -1.51. The minimum absolute atomic E-state index is 0.548. The highest BCUT2D eigenvalue weighted by Gasteiger charge is 2.28. The second-order valence-electron chi connectivity index (χ2n) is 5.57. The SMILES string of the molecule is CC1CNc2cc(CC(C)(C)C(=O)O)ccc21. The molecule has 3 heteroatoms. The molecule has 1 aromatic rings. The van der Waals surface area contributed by atoms with Crippen LogP contribution in [0.4, 0.5) is 5.69 Å². The number of carboxylic acid groups (broad SMARTS) is 1. The highest BCUT2D eigenvalue weighted by Crippen LogP contribution is 2.33. The number of carbonyl (C=O) groups is 1. The Morgan fingerprint density at radius 1 is 1.53 bits per heavy atom. The lowest BCUT2D eigenvalue weighted by Crippen LogP contribution is -2.26. The van der Waals surface area contributed by atoms with Gasteiger partial charge in [0.1, 0.15) is 0 Å². The van der Waals surface area contributed by atoms with Gasteiger partial charge in [-0.05, 0) is 37.5 Å². The first-order valence-corrected chi connectivity index (χ1v) is 6.00. The summed E-state index contributed by atoms with van der Waals surface area (Å²) in [4.78, 5) is 11.1. The Balaban J connectivity index is 2.22. The molecular formula is C14H19NO2. The first-order chi connectivity index (χ1) is 7.90. The van der Waals surface area contributed by atoms with E-state index in [4.69, 9.17) is 5.11 Å². The lowest BCUT2D eigenvalue weighted by molar-refractivity contribution is -0.146. The fourth-order valence-electron chi connectivity index (χ4n) is 2.26. The molecule has 1 heterocycles. The van der Waals surface area contributed by atoms with E-state index >= 15 is 0 Å². The number of anilines is 1. The van der Waals surface area contributed by atoms with Gasteiger partial charge in [0.15, 0.2) is 0 Å². The Morgan fingerprint density at radius 2 is 2.24 bits per heavy atom. The van der Waals surface area contributed by atoms with Gasteiger partial charge < -0.3 is 10.4 Å². The molecule has 1 aliphatic rings. The predicted octanol–water partition coefficient (Wildman–Crippen LogP) is 2.87. The van der Waals surface area contributed by atoms with Gasteiger partial charge in [-0.1, -0.05) is 19.1 Å². The number of hydrogen-bond acceptors (Lipinski definition) is 2. The zero-order valence-electron chi connectivity index (χ0n) is 10.6. The average Bonchev–Trinajstić information content (AvgIpc) is 2.59. The van der Waals surface area contributed by atoms with E-state index in [-0.39, 0.29) is 0 Å². The maximum Gasteiger partial charge on any atom is 0.309 e. The summed E-state index contributed by atoms with van der Waals surface area (Å²) in [5.41, 5.74) is 2.87. The van der Waals surface area contributed by atoms with Gasteiger partial charge in [0, 0.05) is 18.2 Å². The van der Waals surface area contributed by atoms with E-state index in [0.717, 1.165) is 17.8 Å². The Kier molecular flexibility index (Phi) is 2.86. The Morgan fingerprint density at radius 3 is 2.88 bits per heavy atom. The molecule has 0 radical (unpaired) electrons. The van der Waals surface area contributed by atoms with Crippen LogP contribution in [0.2, 0.25) is 0 Å². The third kappa shape index (κ3) is 2.28. The summed E-state index contributed by atoms with van der Waals surface area (Å²) in [6.45, 7) is 6.69. The van der Waals surface area contributed by atoms with Crippen LogP contribution >= 0.6 is 0 Å². The van der Waals surface area contributed by atoms with Crippen LogP contribution in [0.25, 0.3) is 0 Å². The van der Waals surface area contributed by atoms with Crippen LogP contribution in [-0.4, -0.2) is 17.6 Å². The maximum absolute atomic E-state index is 11.1. The van der Waals surface area contributed by atoms with Crippen molar-refractivity contribution in [2.75, 3.05) is 11.9 Å². The van der Waals surface area contributed by atoms with Crippen LogP contribution in [0.15, 0.2) is 18.2 Å². The van der Waals surface area contributed by atoms with Crippen LogP contribution in [-0.2, 0) is 11.2 Å². The van der Waals surface area contributed by atoms with Crippen LogP contribution in [0.3, 0.4) is 0 Å². The molecule has 0 aliphatic carbocycles. The molecule has 3 nitrogen and oxygen atoms in total. The van der Waals surface area contributed by atoms with Crippen molar-refractivity contribution >= 4 is 11.7 Å². The second-order valence-corrected chi connectivity index (χ2v) is 5.57. The van der Waals surface area contributed by atoms with Gasteiger partial charge in [-0.15, -0.1) is 0 Å². The molecular weight excluding hydrogens is 214 g/mol. The minimum atomic E-state index is -0.751. The fraction of sp³-hybridized carbons (Fsp3) is 0.500. The molecule has 0 spiro atoms. The average molecular weight is 233 g/mol. The quantitative estimate of drug-likeness (QED) is 0.844. The number of aliphatic carboxylic acids is 1. The molecule has 1 atom stereocenters. The zero-order chi connectivity index (χ0) is 12.6. The number of carboxylic acids is 1. The molecule has 1 unspecified atom stereocenters. The molecule has 0 fully saturated rings. The number of rotatable bonds is 3. The Labute approximate surface area is 102 Å². The smallest absolute Gasteiger partial charge is 0.309 e. The highest BCUT2D eigenvalue weighted by molar-refractivity contribution is 5.74. The lowest BCUT2D eigenvalue weighted by atomic mass is 9.85. The van der Waals surface area contributed by atoms with Gasteiger partial charge >= 0.3 is 5.97 Å². The molecule has 0 saturated heterocycles. The topological polar surface area (TPSA) is 49.3 Å². The van der Waals surface area contributed by atoms with Crippen LogP contribution in [0.5, 0.6) is 0 Å². The number of fused-ring (bicyclic) bond motifs is 1. The maximum atomic E-state index is 11.1. The molecule has 0 aromatic heterocycles. The third-order valence-electron chi connectivity index (χ3n) is 3.47. The predicted molar refractivity (Wildman–Crippen MR) is 68.5 cm³/mol. The van der Waals surface area contributed by atoms with E-state index in [0.29, 0.717) is 12.3 Å². The summed E-state index contributed by atoms with van der Waals surface area (Å²) in [6, 6.07) is 6.25. The Bertz CT molecular complexity index is 452. The van der Waals surface area contributed by atoms with Crippen molar-refractivity contribution in [3.63, 3.8) is 0 Å². The van der Waals surface area contributed by atoms with E-state index < -0.39 is 11.4 Å². The standard InChI is InChI=1S/C14H19NO2/c1-9-8-15-12-6-10(4-5-11(9)12)7-14(2,3)13(16)17/h4-6,9,15H,7-8H2,1-3H3,(H,16,17). The monoisotopic (exact) mass is 233 g/mol. The second kappa shape index (κ2) is 4.06. The molecule has 1 aromatic carbocycles. The largest absolute Gasteiger partial charge is 0.481 e. The first kappa shape index (κ1) is 12.0. The first-order valence-electron chi connectivity index (χ1n) is 6.00. The zero-order valence-corrected chi connectivity index (χ0v) is 10.6. The molecule has 0 amide bonds. The van der Waals surface area contributed by atoms with E-state index in [1.807, 2.05) is 6.07 Å². The van der Waals surface area contributed by atoms with Crippen LogP contribution in [0.1, 0.15) is 37.8 Å². The van der Waals surface area contributed by atoms with Gasteiger partial charge in [-0.2, -0.15) is 0 Å².